The molecule has 8 heteroatoms. The number of esters is 1. The van der Waals surface area contributed by atoms with Crippen molar-refractivity contribution >= 4 is 17.9 Å². The number of nitrogens with zero attached hydrogens (tertiary/aromatic N) is 3. The largest absolute Gasteiger partial charge is 0.465 e. The normalized spacial score (nSPS) is 22.5. The van der Waals surface area contributed by atoms with Crippen molar-refractivity contribution in [2.75, 3.05) is 59.0 Å². The molecule has 2 atom stereocenters. The fourth-order valence-electron chi connectivity index (χ4n) is 5.96. The molecule has 2 fully saturated rings. The molecule has 5 rings (SSSR count). The summed E-state index contributed by atoms with van der Waals surface area (Å²) in [5.41, 5.74) is 2.81. The lowest BCUT2D eigenvalue weighted by atomic mass is 9.49. The summed E-state index contributed by atoms with van der Waals surface area (Å²) in [4.78, 5) is 43.4. The molecule has 8 nitrogen and oxygen atoms in total. The summed E-state index contributed by atoms with van der Waals surface area (Å²) in [6.07, 6.45) is 5.18. The Labute approximate surface area is 221 Å². The SMILES string of the molecule is CCOC(=O)CNC(=O)N1CCN(CCN(CC2=CCC3CC2C3(C)C)C(=O)Cc2ccccc2)CC1. The number of ether oxygens (including phenoxy) is 1. The van der Waals surface area contributed by atoms with Gasteiger partial charge in [-0.3, -0.25) is 14.5 Å². The highest BCUT2D eigenvalue weighted by atomic mass is 16.5. The van der Waals surface area contributed by atoms with Gasteiger partial charge in [-0.15, -0.1) is 0 Å². The number of hydrogen-bond acceptors (Lipinski definition) is 5. The summed E-state index contributed by atoms with van der Waals surface area (Å²) in [6, 6.07) is 9.73. The smallest absolute Gasteiger partial charge is 0.325 e. The number of urea groups is 1. The number of carbonyl (C=O) groups is 3. The van der Waals surface area contributed by atoms with E-state index in [9.17, 15) is 14.4 Å². The molecule has 1 heterocycles. The van der Waals surface area contributed by atoms with E-state index < -0.39 is 5.97 Å². The second-order valence-corrected chi connectivity index (χ2v) is 11.1. The molecule has 4 aliphatic rings. The molecule has 2 unspecified atom stereocenters. The molecular weight excluding hydrogens is 468 g/mol. The molecule has 1 aromatic carbocycles. The Morgan fingerprint density at radius 1 is 1.11 bits per heavy atom. The molecule has 2 bridgehead atoms. The highest BCUT2D eigenvalue weighted by Crippen LogP contribution is 2.59. The predicted octanol–water partition coefficient (Wildman–Crippen LogP) is 2.94. The van der Waals surface area contributed by atoms with Crippen LogP contribution in [0.5, 0.6) is 0 Å². The van der Waals surface area contributed by atoms with Gasteiger partial charge >= 0.3 is 12.0 Å². The molecule has 0 spiro atoms. The average Bonchev–Trinajstić information content (AvgIpc) is 2.90. The zero-order valence-corrected chi connectivity index (χ0v) is 22.6. The summed E-state index contributed by atoms with van der Waals surface area (Å²) < 4.78 is 4.87. The third kappa shape index (κ3) is 6.72. The van der Waals surface area contributed by atoms with Gasteiger partial charge in [0.25, 0.3) is 0 Å². The van der Waals surface area contributed by atoms with Crippen LogP contribution in [0.4, 0.5) is 4.79 Å². The van der Waals surface area contributed by atoms with Gasteiger partial charge in [-0.25, -0.2) is 4.79 Å². The second-order valence-electron chi connectivity index (χ2n) is 11.1. The van der Waals surface area contributed by atoms with Gasteiger partial charge in [-0.1, -0.05) is 55.8 Å². The van der Waals surface area contributed by atoms with Gasteiger partial charge in [-0.2, -0.15) is 0 Å². The maximum Gasteiger partial charge on any atom is 0.325 e. The van der Waals surface area contributed by atoms with Gasteiger partial charge < -0.3 is 19.9 Å². The molecular formula is C29H42N4O4. The summed E-state index contributed by atoms with van der Waals surface area (Å²) in [5.74, 6) is 1.10. The molecule has 37 heavy (non-hydrogen) atoms. The van der Waals surface area contributed by atoms with Crippen LogP contribution >= 0.6 is 0 Å². The molecule has 1 saturated heterocycles. The van der Waals surface area contributed by atoms with Crippen molar-refractivity contribution in [2.45, 2.75) is 40.0 Å². The van der Waals surface area contributed by atoms with Crippen molar-refractivity contribution in [2.24, 2.45) is 17.3 Å². The first-order valence-corrected chi connectivity index (χ1v) is 13.7. The predicted molar refractivity (Wildman–Crippen MR) is 143 cm³/mol. The van der Waals surface area contributed by atoms with Crippen LogP contribution in [0.15, 0.2) is 42.0 Å². The Balaban J connectivity index is 1.30. The molecule has 3 aliphatic carbocycles. The first-order chi connectivity index (χ1) is 17.8. The highest BCUT2D eigenvalue weighted by molar-refractivity contribution is 5.81. The van der Waals surface area contributed by atoms with Crippen LogP contribution in [0.1, 0.15) is 39.2 Å². The van der Waals surface area contributed by atoms with E-state index in [-0.39, 0.29) is 18.5 Å². The highest BCUT2D eigenvalue weighted by Gasteiger charge is 2.51. The summed E-state index contributed by atoms with van der Waals surface area (Å²) in [6.45, 7) is 11.5. The Bertz CT molecular complexity index is 985. The van der Waals surface area contributed by atoms with Crippen LogP contribution in [-0.2, 0) is 20.7 Å². The van der Waals surface area contributed by atoms with E-state index in [4.69, 9.17) is 4.74 Å². The van der Waals surface area contributed by atoms with E-state index in [1.54, 1.807) is 11.8 Å². The minimum absolute atomic E-state index is 0.111. The molecule has 0 radical (unpaired) electrons. The van der Waals surface area contributed by atoms with Gasteiger partial charge in [0.05, 0.1) is 13.0 Å². The molecule has 3 amide bonds. The van der Waals surface area contributed by atoms with Crippen LogP contribution in [0.3, 0.4) is 0 Å². The van der Waals surface area contributed by atoms with E-state index in [0.717, 1.165) is 37.5 Å². The molecule has 1 saturated carbocycles. The third-order valence-electron chi connectivity index (χ3n) is 8.54. The number of amides is 3. The molecule has 1 N–H and O–H groups in total. The first kappa shape index (κ1) is 27.2. The van der Waals surface area contributed by atoms with Crippen molar-refractivity contribution in [3.05, 3.63) is 47.5 Å². The topological polar surface area (TPSA) is 82.2 Å². The summed E-state index contributed by atoms with van der Waals surface area (Å²) in [7, 11) is 0. The van der Waals surface area contributed by atoms with E-state index in [2.05, 4.69) is 30.1 Å². The van der Waals surface area contributed by atoms with Gasteiger partial charge in [0.15, 0.2) is 0 Å². The lowest BCUT2D eigenvalue weighted by Crippen LogP contribution is -2.54. The van der Waals surface area contributed by atoms with E-state index in [0.29, 0.717) is 50.5 Å². The van der Waals surface area contributed by atoms with Crippen molar-refractivity contribution in [1.29, 1.82) is 0 Å². The van der Waals surface area contributed by atoms with Gasteiger partial charge in [0.2, 0.25) is 5.91 Å². The number of fused-ring (bicyclic) bond motifs is 1. The number of hydrogen-bond donors (Lipinski definition) is 1. The number of carbonyl (C=O) groups excluding carboxylic acids is 3. The third-order valence-corrected chi connectivity index (χ3v) is 8.54. The van der Waals surface area contributed by atoms with E-state index in [1.807, 2.05) is 35.2 Å². The lowest BCUT2D eigenvalue weighted by Gasteiger charge is -2.57. The van der Waals surface area contributed by atoms with Crippen molar-refractivity contribution in [3.8, 4) is 0 Å². The maximum absolute atomic E-state index is 13.4. The summed E-state index contributed by atoms with van der Waals surface area (Å²) >= 11 is 0. The Morgan fingerprint density at radius 3 is 2.49 bits per heavy atom. The zero-order valence-electron chi connectivity index (χ0n) is 22.6. The average molecular weight is 511 g/mol. The van der Waals surface area contributed by atoms with Crippen LogP contribution in [0.25, 0.3) is 0 Å². The van der Waals surface area contributed by atoms with Gasteiger partial charge in [0, 0.05) is 45.8 Å². The van der Waals surface area contributed by atoms with E-state index >= 15 is 0 Å². The van der Waals surface area contributed by atoms with Crippen LogP contribution in [-0.4, -0.2) is 91.6 Å². The molecule has 1 aliphatic heterocycles. The van der Waals surface area contributed by atoms with Gasteiger partial charge in [-0.05, 0) is 42.6 Å². The Hall–Kier alpha value is -2.87. The molecule has 0 aromatic heterocycles. The fraction of sp³-hybridized carbons (Fsp3) is 0.621. The minimum Gasteiger partial charge on any atom is -0.465 e. The van der Waals surface area contributed by atoms with Crippen LogP contribution < -0.4 is 5.32 Å². The fourth-order valence-corrected chi connectivity index (χ4v) is 5.96. The number of rotatable bonds is 10. The number of piperazine rings is 1. The zero-order chi connectivity index (χ0) is 26.4. The van der Waals surface area contributed by atoms with E-state index in [1.165, 1.54) is 12.0 Å². The maximum atomic E-state index is 13.4. The first-order valence-electron chi connectivity index (χ1n) is 13.7. The quantitative estimate of drug-likeness (QED) is 0.387. The molecule has 1 aromatic rings. The van der Waals surface area contributed by atoms with Crippen molar-refractivity contribution in [3.63, 3.8) is 0 Å². The van der Waals surface area contributed by atoms with Crippen LogP contribution in [0.2, 0.25) is 0 Å². The van der Waals surface area contributed by atoms with Gasteiger partial charge in [0.1, 0.15) is 6.54 Å². The van der Waals surface area contributed by atoms with Crippen molar-refractivity contribution in [1.82, 2.24) is 20.0 Å². The monoisotopic (exact) mass is 510 g/mol. The van der Waals surface area contributed by atoms with Crippen LogP contribution in [0, 0.1) is 17.3 Å². The minimum atomic E-state index is -0.427. The molecule has 202 valence electrons. The second kappa shape index (κ2) is 12.1. The Morgan fingerprint density at radius 2 is 1.84 bits per heavy atom. The Kier molecular flexibility index (Phi) is 8.90. The number of nitrogens with one attached hydrogen (secondary N) is 1. The number of allylic oxidation sites excluding steroid dienone is 1. The standard InChI is InChI=1S/C29H42N4O4/c1-4-37-27(35)20-30-28(36)32-15-12-31(13-16-32)14-17-33(26(34)18-22-8-6-5-7-9-22)21-23-10-11-24-19-25(23)29(24,2)3/h5-10,24-25H,4,11-21H2,1-3H3,(H,30,36). The lowest BCUT2D eigenvalue weighted by molar-refractivity contribution is -0.141. The summed E-state index contributed by atoms with van der Waals surface area (Å²) in [5, 5.41) is 2.63. The number of benzene rings is 1. The van der Waals surface area contributed by atoms with Crippen molar-refractivity contribution < 1.29 is 19.1 Å².